The molecule has 1 aromatic carbocycles. The van der Waals surface area contributed by atoms with Gasteiger partial charge in [-0.2, -0.15) is 0 Å². The predicted molar refractivity (Wildman–Crippen MR) is 92.0 cm³/mol. The third kappa shape index (κ3) is 4.34. The van der Waals surface area contributed by atoms with Gasteiger partial charge in [-0.3, -0.25) is 19.9 Å². The summed E-state index contributed by atoms with van der Waals surface area (Å²) < 4.78 is 10.9. The first kappa shape index (κ1) is 18.0. The van der Waals surface area contributed by atoms with Crippen LogP contribution in [0.5, 0.6) is 11.5 Å². The first-order valence-electron chi connectivity index (χ1n) is 7.35. The van der Waals surface area contributed by atoms with Gasteiger partial charge in [0.2, 0.25) is 0 Å². The number of nitrogens with zero attached hydrogens (tertiary/aromatic N) is 1. The third-order valence-corrected chi connectivity index (χ3v) is 3.12. The number of benzene rings is 1. The molecule has 0 aliphatic carbocycles. The molecular weight excluding hydrogens is 330 g/mol. The fourth-order valence-corrected chi connectivity index (χ4v) is 2.12. The Hall–Kier alpha value is -3.36. The molecule has 0 amide bonds. The summed E-state index contributed by atoms with van der Waals surface area (Å²) in [6, 6.07) is 5.09. The zero-order chi connectivity index (χ0) is 18.6. The van der Waals surface area contributed by atoms with Gasteiger partial charge in [0.1, 0.15) is 5.69 Å². The highest BCUT2D eigenvalue weighted by Gasteiger charge is 2.18. The zero-order valence-electron chi connectivity index (χ0n) is 13.9. The van der Waals surface area contributed by atoms with Gasteiger partial charge in [0.15, 0.2) is 11.5 Å². The normalized spacial score (nSPS) is 11.0. The van der Waals surface area contributed by atoms with Crippen LogP contribution in [0.3, 0.4) is 0 Å². The molecule has 0 saturated carbocycles. The quantitative estimate of drug-likeness (QED) is 0.607. The molecule has 2 aromatic rings. The Labute approximate surface area is 142 Å². The van der Waals surface area contributed by atoms with E-state index in [0.717, 1.165) is 0 Å². The van der Waals surface area contributed by atoms with Crippen LogP contribution in [0.4, 0.5) is 5.69 Å². The lowest BCUT2D eigenvalue weighted by Gasteiger charge is -2.13. The Morgan fingerprint density at radius 3 is 2.48 bits per heavy atom. The fraction of sp³-hybridized carbons (Fsp3) is 0.250. The van der Waals surface area contributed by atoms with E-state index in [1.165, 1.54) is 19.3 Å². The first-order chi connectivity index (χ1) is 11.8. The van der Waals surface area contributed by atoms with Gasteiger partial charge in [0, 0.05) is 0 Å². The Morgan fingerprint density at radius 1 is 1.16 bits per heavy atom. The summed E-state index contributed by atoms with van der Waals surface area (Å²) in [6.07, 6.45) is 2.77. The van der Waals surface area contributed by atoms with E-state index >= 15 is 0 Å². The van der Waals surface area contributed by atoms with Crippen molar-refractivity contribution in [2.45, 2.75) is 20.0 Å². The number of rotatable bonds is 6. The smallest absolute Gasteiger partial charge is 0.357 e. The molecule has 132 valence electrons. The highest BCUT2D eigenvalue weighted by atomic mass is 16.6. The lowest BCUT2D eigenvalue weighted by atomic mass is 10.1. The third-order valence-electron chi connectivity index (χ3n) is 3.12. The van der Waals surface area contributed by atoms with Gasteiger partial charge in [-0.15, -0.1) is 0 Å². The van der Waals surface area contributed by atoms with Crippen LogP contribution in [0.25, 0.3) is 12.2 Å². The number of ether oxygens (including phenoxy) is 2. The van der Waals surface area contributed by atoms with Crippen molar-refractivity contribution in [3.05, 3.63) is 60.4 Å². The van der Waals surface area contributed by atoms with Gasteiger partial charge in [-0.25, -0.2) is 4.79 Å². The molecule has 2 rings (SSSR count). The lowest BCUT2D eigenvalue weighted by Crippen LogP contribution is -2.25. The van der Waals surface area contributed by atoms with E-state index in [4.69, 9.17) is 9.47 Å². The molecular formula is C16H17N3O6. The van der Waals surface area contributed by atoms with Crippen LogP contribution in [0.15, 0.2) is 27.8 Å². The summed E-state index contributed by atoms with van der Waals surface area (Å²) in [4.78, 5) is 37.1. The molecule has 9 heteroatoms. The maximum atomic E-state index is 11.6. The summed E-state index contributed by atoms with van der Waals surface area (Å²) in [5, 5.41) is 11.0. The average Bonchev–Trinajstić information content (AvgIpc) is 2.52. The molecule has 0 spiro atoms. The summed E-state index contributed by atoms with van der Waals surface area (Å²) in [5.74, 6) is 1.05. The Bertz CT molecular complexity index is 926. The zero-order valence-corrected chi connectivity index (χ0v) is 13.9. The van der Waals surface area contributed by atoms with E-state index < -0.39 is 21.9 Å². The van der Waals surface area contributed by atoms with Gasteiger partial charge in [-0.1, -0.05) is 12.1 Å². The SMILES string of the molecule is COc1cc(/C=C\c2[nH]c(=O)[nH]c(=O)c2[N+](=O)[O-])ccc1OC(C)C. The van der Waals surface area contributed by atoms with Crippen LogP contribution in [0, 0.1) is 10.1 Å². The molecule has 0 saturated heterocycles. The van der Waals surface area contributed by atoms with Crippen molar-refractivity contribution in [2.75, 3.05) is 7.11 Å². The van der Waals surface area contributed by atoms with E-state index in [2.05, 4.69) is 4.98 Å². The Balaban J connectivity index is 2.42. The highest BCUT2D eigenvalue weighted by molar-refractivity contribution is 5.72. The van der Waals surface area contributed by atoms with Crippen molar-refractivity contribution in [3.63, 3.8) is 0 Å². The summed E-state index contributed by atoms with van der Waals surface area (Å²) >= 11 is 0. The van der Waals surface area contributed by atoms with Crippen LogP contribution in [-0.4, -0.2) is 28.1 Å². The maximum absolute atomic E-state index is 11.6. The van der Waals surface area contributed by atoms with Crippen molar-refractivity contribution in [1.82, 2.24) is 9.97 Å². The van der Waals surface area contributed by atoms with Crippen LogP contribution in [-0.2, 0) is 0 Å². The van der Waals surface area contributed by atoms with Crippen LogP contribution < -0.4 is 20.7 Å². The standard InChI is InChI=1S/C16H17N3O6/c1-9(2)25-12-7-5-10(8-13(12)24-3)4-6-11-14(19(22)23)15(20)18-16(21)17-11/h4-9H,1-3H3,(H2,17,18,20,21)/b6-4-. The molecule has 1 heterocycles. The van der Waals surface area contributed by atoms with Gasteiger partial charge in [0.25, 0.3) is 0 Å². The van der Waals surface area contributed by atoms with Gasteiger partial charge in [-0.05, 0) is 37.6 Å². The van der Waals surface area contributed by atoms with Crippen molar-refractivity contribution in [2.24, 2.45) is 0 Å². The molecule has 0 radical (unpaired) electrons. The van der Waals surface area contributed by atoms with Crippen LogP contribution >= 0.6 is 0 Å². The molecule has 0 aliphatic rings. The summed E-state index contributed by atoms with van der Waals surface area (Å²) in [7, 11) is 1.50. The first-order valence-corrected chi connectivity index (χ1v) is 7.35. The van der Waals surface area contributed by atoms with E-state index in [-0.39, 0.29) is 11.8 Å². The van der Waals surface area contributed by atoms with Gasteiger partial charge < -0.3 is 14.5 Å². The Morgan fingerprint density at radius 2 is 1.88 bits per heavy atom. The number of nitrogens with one attached hydrogen (secondary N) is 2. The van der Waals surface area contributed by atoms with Crippen LogP contribution in [0.2, 0.25) is 0 Å². The molecule has 25 heavy (non-hydrogen) atoms. The molecule has 0 atom stereocenters. The number of aromatic nitrogens is 2. The highest BCUT2D eigenvalue weighted by Crippen LogP contribution is 2.29. The van der Waals surface area contributed by atoms with Crippen molar-refractivity contribution in [1.29, 1.82) is 0 Å². The minimum atomic E-state index is -1.06. The largest absolute Gasteiger partial charge is 0.493 e. The van der Waals surface area contributed by atoms with Crippen molar-refractivity contribution in [3.8, 4) is 11.5 Å². The van der Waals surface area contributed by atoms with E-state index in [9.17, 15) is 19.7 Å². The molecule has 0 bridgehead atoms. The minimum Gasteiger partial charge on any atom is -0.493 e. The second kappa shape index (κ2) is 7.47. The minimum absolute atomic E-state index is 0.0286. The van der Waals surface area contributed by atoms with E-state index in [1.54, 1.807) is 18.2 Å². The van der Waals surface area contributed by atoms with Gasteiger partial charge in [0.05, 0.1) is 18.1 Å². The van der Waals surface area contributed by atoms with Crippen LogP contribution in [0.1, 0.15) is 25.1 Å². The van der Waals surface area contributed by atoms with Crippen molar-refractivity contribution >= 4 is 17.8 Å². The second-order valence-electron chi connectivity index (χ2n) is 5.34. The number of hydrogen-bond donors (Lipinski definition) is 2. The summed E-state index contributed by atoms with van der Waals surface area (Å²) in [6.45, 7) is 3.77. The molecule has 0 aliphatic heterocycles. The molecule has 0 unspecified atom stereocenters. The number of H-pyrrole nitrogens is 2. The summed E-state index contributed by atoms with van der Waals surface area (Å²) in [5.41, 5.74) is -2.17. The number of nitro groups is 1. The topological polar surface area (TPSA) is 127 Å². The maximum Gasteiger partial charge on any atom is 0.357 e. The molecule has 2 N–H and O–H groups in total. The number of aromatic amines is 2. The molecule has 9 nitrogen and oxygen atoms in total. The molecule has 1 aromatic heterocycles. The van der Waals surface area contributed by atoms with Crippen molar-refractivity contribution < 1.29 is 14.4 Å². The lowest BCUT2D eigenvalue weighted by molar-refractivity contribution is -0.386. The fourth-order valence-electron chi connectivity index (χ4n) is 2.12. The monoisotopic (exact) mass is 347 g/mol. The van der Waals surface area contributed by atoms with E-state index in [1.807, 2.05) is 18.8 Å². The van der Waals surface area contributed by atoms with Gasteiger partial charge >= 0.3 is 16.9 Å². The number of methoxy groups -OCH3 is 1. The average molecular weight is 347 g/mol. The second-order valence-corrected chi connectivity index (χ2v) is 5.34. The molecule has 0 fully saturated rings. The number of hydrogen-bond acceptors (Lipinski definition) is 6. The van der Waals surface area contributed by atoms with E-state index in [0.29, 0.717) is 17.1 Å². The Kier molecular flexibility index (Phi) is 5.38. The predicted octanol–water partition coefficient (Wildman–Crippen LogP) is 1.94.